The average Bonchev–Trinajstić information content (AvgIpc) is 3.11. The Labute approximate surface area is 115 Å². The van der Waals surface area contributed by atoms with E-state index in [1.54, 1.807) is 0 Å². The maximum Gasteiger partial charge on any atom is 0.317 e. The summed E-state index contributed by atoms with van der Waals surface area (Å²) < 4.78 is 0. The van der Waals surface area contributed by atoms with E-state index < -0.39 is 5.97 Å². The van der Waals surface area contributed by atoms with Gasteiger partial charge in [0.1, 0.15) is 0 Å². The molecule has 3 nitrogen and oxygen atoms in total. The second-order valence-electron chi connectivity index (χ2n) is 5.93. The molecule has 0 aromatic heterocycles. The molecule has 1 fully saturated rings. The standard InChI is InChI=1S/C16H23NO2/c1-12(2)9-17(11-16(18)19)10-14-5-3-4-6-15(14)13-7-8-13/h3-6,12-13H,7-11H2,1-2H3,(H,18,19). The van der Waals surface area contributed by atoms with Crippen LogP contribution in [-0.4, -0.2) is 29.1 Å². The van der Waals surface area contributed by atoms with Crippen molar-refractivity contribution in [2.75, 3.05) is 13.1 Å². The van der Waals surface area contributed by atoms with Gasteiger partial charge in [0.05, 0.1) is 6.54 Å². The summed E-state index contributed by atoms with van der Waals surface area (Å²) in [5.74, 6) is 0.443. The summed E-state index contributed by atoms with van der Waals surface area (Å²) in [7, 11) is 0. The molecular formula is C16H23NO2. The second kappa shape index (κ2) is 6.20. The van der Waals surface area contributed by atoms with E-state index in [-0.39, 0.29) is 6.54 Å². The van der Waals surface area contributed by atoms with Crippen molar-refractivity contribution in [1.29, 1.82) is 0 Å². The number of carboxylic acids is 1. The molecule has 0 bridgehead atoms. The number of rotatable bonds is 7. The molecule has 1 saturated carbocycles. The molecule has 0 saturated heterocycles. The molecule has 0 radical (unpaired) electrons. The monoisotopic (exact) mass is 261 g/mol. The van der Waals surface area contributed by atoms with Crippen molar-refractivity contribution >= 4 is 5.97 Å². The minimum atomic E-state index is -0.746. The van der Waals surface area contributed by atoms with Gasteiger partial charge in [0, 0.05) is 13.1 Å². The summed E-state index contributed by atoms with van der Waals surface area (Å²) in [4.78, 5) is 13.0. The van der Waals surface area contributed by atoms with Gasteiger partial charge in [-0.15, -0.1) is 0 Å². The van der Waals surface area contributed by atoms with Gasteiger partial charge in [-0.05, 0) is 35.8 Å². The summed E-state index contributed by atoms with van der Waals surface area (Å²) in [6.07, 6.45) is 2.56. The summed E-state index contributed by atoms with van der Waals surface area (Å²) in [6, 6.07) is 8.47. The third-order valence-corrected chi connectivity index (χ3v) is 3.45. The predicted molar refractivity (Wildman–Crippen MR) is 76.2 cm³/mol. The smallest absolute Gasteiger partial charge is 0.317 e. The largest absolute Gasteiger partial charge is 0.480 e. The van der Waals surface area contributed by atoms with E-state index in [2.05, 4.69) is 38.1 Å². The zero-order valence-corrected chi connectivity index (χ0v) is 11.8. The highest BCUT2D eigenvalue weighted by atomic mass is 16.4. The Morgan fingerprint density at radius 3 is 2.63 bits per heavy atom. The van der Waals surface area contributed by atoms with E-state index in [1.165, 1.54) is 24.0 Å². The van der Waals surface area contributed by atoms with Gasteiger partial charge in [0.25, 0.3) is 0 Å². The Balaban J connectivity index is 2.09. The molecule has 2 rings (SSSR count). The average molecular weight is 261 g/mol. The van der Waals surface area contributed by atoms with Crippen LogP contribution in [0.25, 0.3) is 0 Å². The second-order valence-corrected chi connectivity index (χ2v) is 5.93. The van der Waals surface area contributed by atoms with Gasteiger partial charge in [-0.1, -0.05) is 38.1 Å². The number of hydrogen-bond donors (Lipinski definition) is 1. The van der Waals surface area contributed by atoms with Crippen molar-refractivity contribution in [2.45, 2.75) is 39.2 Å². The first-order chi connectivity index (χ1) is 9.06. The molecule has 0 amide bonds. The lowest BCUT2D eigenvalue weighted by Crippen LogP contribution is -2.32. The van der Waals surface area contributed by atoms with Gasteiger partial charge in [-0.25, -0.2) is 0 Å². The maximum absolute atomic E-state index is 11.0. The van der Waals surface area contributed by atoms with E-state index in [0.29, 0.717) is 11.8 Å². The molecule has 1 aromatic carbocycles. The summed E-state index contributed by atoms with van der Waals surface area (Å²) >= 11 is 0. The molecule has 1 aliphatic carbocycles. The maximum atomic E-state index is 11.0. The van der Waals surface area contributed by atoms with Gasteiger partial charge in [-0.2, -0.15) is 0 Å². The fourth-order valence-electron chi connectivity index (χ4n) is 2.60. The first kappa shape index (κ1) is 14.1. The van der Waals surface area contributed by atoms with Crippen molar-refractivity contribution < 1.29 is 9.90 Å². The fraction of sp³-hybridized carbons (Fsp3) is 0.562. The molecule has 0 spiro atoms. The number of nitrogens with zero attached hydrogens (tertiary/aromatic N) is 1. The number of hydrogen-bond acceptors (Lipinski definition) is 2. The molecular weight excluding hydrogens is 238 g/mol. The van der Waals surface area contributed by atoms with E-state index in [0.717, 1.165) is 13.1 Å². The van der Waals surface area contributed by atoms with Gasteiger partial charge < -0.3 is 5.11 Å². The molecule has 0 aliphatic heterocycles. The highest BCUT2D eigenvalue weighted by Crippen LogP contribution is 2.41. The quantitative estimate of drug-likeness (QED) is 0.820. The molecule has 0 unspecified atom stereocenters. The molecule has 0 heterocycles. The molecule has 1 aliphatic rings. The Morgan fingerprint density at radius 2 is 2.05 bits per heavy atom. The molecule has 0 atom stereocenters. The van der Waals surface area contributed by atoms with Gasteiger partial charge in [0.2, 0.25) is 0 Å². The van der Waals surface area contributed by atoms with E-state index >= 15 is 0 Å². The lowest BCUT2D eigenvalue weighted by atomic mass is 10.0. The number of benzene rings is 1. The Bertz CT molecular complexity index is 438. The van der Waals surface area contributed by atoms with E-state index in [4.69, 9.17) is 5.11 Å². The Hall–Kier alpha value is -1.35. The normalized spacial score (nSPS) is 15.2. The number of carbonyl (C=O) groups is 1. The minimum absolute atomic E-state index is 0.122. The van der Waals surface area contributed by atoms with Gasteiger partial charge in [0.15, 0.2) is 0 Å². The van der Waals surface area contributed by atoms with Gasteiger partial charge in [-0.3, -0.25) is 9.69 Å². The van der Waals surface area contributed by atoms with Crippen LogP contribution in [0.5, 0.6) is 0 Å². The first-order valence-electron chi connectivity index (χ1n) is 7.08. The van der Waals surface area contributed by atoms with Crippen LogP contribution < -0.4 is 0 Å². The van der Waals surface area contributed by atoms with Crippen molar-refractivity contribution in [2.24, 2.45) is 5.92 Å². The topological polar surface area (TPSA) is 40.5 Å². The van der Waals surface area contributed by atoms with Crippen LogP contribution in [0.15, 0.2) is 24.3 Å². The highest BCUT2D eigenvalue weighted by molar-refractivity contribution is 5.69. The van der Waals surface area contributed by atoms with Crippen molar-refractivity contribution in [3.63, 3.8) is 0 Å². The Morgan fingerprint density at radius 1 is 1.37 bits per heavy atom. The molecule has 19 heavy (non-hydrogen) atoms. The third kappa shape index (κ3) is 4.35. The fourth-order valence-corrected chi connectivity index (χ4v) is 2.60. The molecule has 3 heteroatoms. The highest BCUT2D eigenvalue weighted by Gasteiger charge is 2.26. The summed E-state index contributed by atoms with van der Waals surface area (Å²) in [5.41, 5.74) is 2.72. The lowest BCUT2D eigenvalue weighted by Gasteiger charge is -2.23. The van der Waals surface area contributed by atoms with E-state index in [1.807, 2.05) is 4.90 Å². The van der Waals surface area contributed by atoms with Crippen LogP contribution in [0.1, 0.15) is 43.7 Å². The van der Waals surface area contributed by atoms with Crippen LogP contribution >= 0.6 is 0 Å². The SMILES string of the molecule is CC(C)CN(CC(=O)O)Cc1ccccc1C1CC1. The number of carboxylic acid groups (broad SMARTS) is 1. The van der Waals surface area contributed by atoms with Crippen LogP contribution in [0.3, 0.4) is 0 Å². The molecule has 1 N–H and O–H groups in total. The summed E-state index contributed by atoms with van der Waals surface area (Å²) in [5, 5.41) is 9.02. The number of aliphatic carboxylic acids is 1. The van der Waals surface area contributed by atoms with Gasteiger partial charge >= 0.3 is 5.97 Å². The zero-order chi connectivity index (χ0) is 13.8. The van der Waals surface area contributed by atoms with Crippen LogP contribution in [0, 0.1) is 5.92 Å². The van der Waals surface area contributed by atoms with E-state index in [9.17, 15) is 4.79 Å². The van der Waals surface area contributed by atoms with Crippen molar-refractivity contribution in [3.8, 4) is 0 Å². The lowest BCUT2D eigenvalue weighted by molar-refractivity contribution is -0.138. The van der Waals surface area contributed by atoms with Crippen LogP contribution in [-0.2, 0) is 11.3 Å². The van der Waals surface area contributed by atoms with Crippen molar-refractivity contribution in [1.82, 2.24) is 4.90 Å². The van der Waals surface area contributed by atoms with Crippen molar-refractivity contribution in [3.05, 3.63) is 35.4 Å². The minimum Gasteiger partial charge on any atom is -0.480 e. The molecule has 104 valence electrons. The predicted octanol–water partition coefficient (Wildman–Crippen LogP) is 3.11. The first-order valence-corrected chi connectivity index (χ1v) is 7.08. The van der Waals surface area contributed by atoms with Crippen LogP contribution in [0.4, 0.5) is 0 Å². The third-order valence-electron chi connectivity index (χ3n) is 3.45. The van der Waals surface area contributed by atoms with Crippen LogP contribution in [0.2, 0.25) is 0 Å². The summed E-state index contributed by atoms with van der Waals surface area (Å²) in [6.45, 7) is 5.95. The zero-order valence-electron chi connectivity index (χ0n) is 11.8. The molecule has 1 aromatic rings. The Kier molecular flexibility index (Phi) is 4.59.